The molecule has 5 heteroatoms. The van der Waals surface area contributed by atoms with Crippen LogP contribution in [0.3, 0.4) is 0 Å². The Kier molecular flexibility index (Phi) is 7.54. The number of carbonyl (C=O) groups excluding carboxylic acids is 2. The SMILES string of the molecule is COC(=O)[C@H](CCS)N(Cc1ccccc1)C(=O)Cc1ccccc1. The van der Waals surface area contributed by atoms with Gasteiger partial charge in [0.1, 0.15) is 6.04 Å². The van der Waals surface area contributed by atoms with E-state index in [9.17, 15) is 9.59 Å². The lowest BCUT2D eigenvalue weighted by Gasteiger charge is -2.30. The molecular weight excluding hydrogens is 334 g/mol. The van der Waals surface area contributed by atoms with E-state index >= 15 is 0 Å². The molecule has 0 radical (unpaired) electrons. The highest BCUT2D eigenvalue weighted by Crippen LogP contribution is 2.16. The van der Waals surface area contributed by atoms with Crippen LogP contribution in [0.25, 0.3) is 0 Å². The lowest BCUT2D eigenvalue weighted by atomic mass is 10.1. The van der Waals surface area contributed by atoms with Gasteiger partial charge in [-0.15, -0.1) is 0 Å². The van der Waals surface area contributed by atoms with Crippen molar-refractivity contribution in [2.75, 3.05) is 12.9 Å². The van der Waals surface area contributed by atoms with E-state index in [1.54, 1.807) is 4.90 Å². The molecule has 0 aliphatic rings. The fraction of sp³-hybridized carbons (Fsp3) is 0.300. The molecule has 132 valence electrons. The van der Waals surface area contributed by atoms with E-state index in [1.165, 1.54) is 7.11 Å². The second-order valence-corrected chi connectivity index (χ2v) is 6.17. The van der Waals surface area contributed by atoms with Crippen molar-refractivity contribution >= 4 is 24.5 Å². The standard InChI is InChI=1S/C20H23NO3S/c1-24-20(23)18(12-13-25)21(15-17-10-6-3-7-11-17)19(22)14-16-8-4-2-5-9-16/h2-11,18,25H,12-15H2,1H3/t18-/m0/s1. The van der Waals surface area contributed by atoms with Crippen molar-refractivity contribution in [2.24, 2.45) is 0 Å². The average molecular weight is 357 g/mol. The van der Waals surface area contributed by atoms with Gasteiger partial charge in [0.05, 0.1) is 13.5 Å². The molecule has 4 nitrogen and oxygen atoms in total. The topological polar surface area (TPSA) is 46.6 Å². The van der Waals surface area contributed by atoms with E-state index in [-0.39, 0.29) is 12.3 Å². The molecule has 0 aliphatic carbocycles. The molecule has 0 bridgehead atoms. The van der Waals surface area contributed by atoms with Gasteiger partial charge in [-0.2, -0.15) is 12.6 Å². The molecule has 0 saturated heterocycles. The van der Waals surface area contributed by atoms with Gasteiger partial charge in [-0.3, -0.25) is 4.79 Å². The van der Waals surface area contributed by atoms with Crippen molar-refractivity contribution < 1.29 is 14.3 Å². The van der Waals surface area contributed by atoms with Crippen molar-refractivity contribution in [1.29, 1.82) is 0 Å². The Bertz CT molecular complexity index is 676. The lowest BCUT2D eigenvalue weighted by Crippen LogP contribution is -2.46. The summed E-state index contributed by atoms with van der Waals surface area (Å²) in [6.07, 6.45) is 0.691. The fourth-order valence-corrected chi connectivity index (χ4v) is 2.93. The number of esters is 1. The van der Waals surface area contributed by atoms with E-state index in [2.05, 4.69) is 12.6 Å². The third-order valence-electron chi connectivity index (χ3n) is 3.97. The minimum Gasteiger partial charge on any atom is -0.467 e. The molecule has 1 atom stereocenters. The van der Waals surface area contributed by atoms with Gasteiger partial charge in [-0.25, -0.2) is 4.79 Å². The molecule has 0 fully saturated rings. The summed E-state index contributed by atoms with van der Waals surface area (Å²) in [7, 11) is 1.34. The molecule has 0 heterocycles. The summed E-state index contributed by atoms with van der Waals surface area (Å²) in [5, 5.41) is 0. The predicted octanol–water partition coefficient (Wildman–Crippen LogP) is 3.12. The zero-order valence-corrected chi connectivity index (χ0v) is 15.2. The fourth-order valence-electron chi connectivity index (χ4n) is 2.68. The molecule has 0 N–H and O–H groups in total. The molecular formula is C20H23NO3S. The van der Waals surface area contributed by atoms with E-state index in [0.717, 1.165) is 11.1 Å². The molecule has 25 heavy (non-hydrogen) atoms. The van der Waals surface area contributed by atoms with Crippen LogP contribution in [-0.2, 0) is 27.3 Å². The summed E-state index contributed by atoms with van der Waals surface area (Å²) in [5.41, 5.74) is 1.89. The van der Waals surface area contributed by atoms with Gasteiger partial charge < -0.3 is 9.64 Å². The van der Waals surface area contributed by atoms with E-state index in [1.807, 2.05) is 60.7 Å². The highest BCUT2D eigenvalue weighted by molar-refractivity contribution is 7.80. The van der Waals surface area contributed by atoms with Crippen LogP contribution in [0.2, 0.25) is 0 Å². The number of hydrogen-bond acceptors (Lipinski definition) is 4. The maximum Gasteiger partial charge on any atom is 0.328 e. The van der Waals surface area contributed by atoms with Gasteiger partial charge >= 0.3 is 5.97 Å². The smallest absolute Gasteiger partial charge is 0.328 e. The number of rotatable bonds is 8. The molecule has 0 aromatic heterocycles. The monoisotopic (exact) mass is 357 g/mol. The molecule has 0 unspecified atom stereocenters. The first-order valence-corrected chi connectivity index (χ1v) is 8.85. The molecule has 0 aliphatic heterocycles. The highest BCUT2D eigenvalue weighted by Gasteiger charge is 2.30. The van der Waals surface area contributed by atoms with Gasteiger partial charge in [0.25, 0.3) is 0 Å². The second kappa shape index (κ2) is 9.89. The van der Waals surface area contributed by atoms with Crippen LogP contribution in [0.15, 0.2) is 60.7 Å². The summed E-state index contributed by atoms with van der Waals surface area (Å²) < 4.78 is 4.92. The Morgan fingerprint density at radius 1 is 1.00 bits per heavy atom. The van der Waals surface area contributed by atoms with Crippen molar-refractivity contribution in [3.05, 3.63) is 71.8 Å². The van der Waals surface area contributed by atoms with E-state index in [4.69, 9.17) is 4.74 Å². The van der Waals surface area contributed by atoms with Gasteiger partial charge in [-0.1, -0.05) is 60.7 Å². The molecule has 1 amide bonds. The van der Waals surface area contributed by atoms with Crippen LogP contribution in [0.5, 0.6) is 0 Å². The van der Waals surface area contributed by atoms with Gasteiger partial charge in [-0.05, 0) is 23.3 Å². The maximum absolute atomic E-state index is 12.9. The first-order valence-electron chi connectivity index (χ1n) is 8.21. The number of nitrogens with zero attached hydrogens (tertiary/aromatic N) is 1. The summed E-state index contributed by atoms with van der Waals surface area (Å²) in [5.74, 6) is -0.0254. The molecule has 0 saturated carbocycles. The zero-order valence-electron chi connectivity index (χ0n) is 14.3. The van der Waals surface area contributed by atoms with Crippen molar-refractivity contribution in [3.63, 3.8) is 0 Å². The minimum absolute atomic E-state index is 0.104. The zero-order chi connectivity index (χ0) is 18.1. The molecule has 2 aromatic carbocycles. The number of methoxy groups -OCH3 is 1. The maximum atomic E-state index is 12.9. The van der Waals surface area contributed by atoms with Gasteiger partial charge in [0.15, 0.2) is 0 Å². The summed E-state index contributed by atoms with van der Waals surface area (Å²) in [6.45, 7) is 0.361. The normalized spacial score (nSPS) is 11.6. The van der Waals surface area contributed by atoms with Crippen molar-refractivity contribution in [1.82, 2.24) is 4.90 Å². The Morgan fingerprint density at radius 3 is 2.08 bits per heavy atom. The number of ether oxygens (including phenoxy) is 1. The van der Waals surface area contributed by atoms with Crippen molar-refractivity contribution in [2.45, 2.75) is 25.4 Å². The summed E-state index contributed by atoms with van der Waals surface area (Å²) in [6, 6.07) is 18.5. The van der Waals surface area contributed by atoms with E-state index < -0.39 is 12.0 Å². The number of benzene rings is 2. The summed E-state index contributed by atoms with van der Waals surface area (Å²) >= 11 is 4.24. The Labute approximate surface area is 154 Å². The highest BCUT2D eigenvalue weighted by atomic mass is 32.1. The van der Waals surface area contributed by atoms with Crippen LogP contribution in [0.1, 0.15) is 17.5 Å². The Morgan fingerprint density at radius 2 is 1.56 bits per heavy atom. The van der Waals surface area contributed by atoms with E-state index in [0.29, 0.717) is 18.7 Å². The molecule has 0 spiro atoms. The number of amides is 1. The average Bonchev–Trinajstić information content (AvgIpc) is 2.65. The predicted molar refractivity (Wildman–Crippen MR) is 101 cm³/mol. The first-order chi connectivity index (χ1) is 12.2. The third kappa shape index (κ3) is 5.64. The third-order valence-corrected chi connectivity index (χ3v) is 4.22. The summed E-state index contributed by atoms with van der Waals surface area (Å²) in [4.78, 5) is 26.8. The van der Waals surface area contributed by atoms with Crippen LogP contribution >= 0.6 is 12.6 Å². The number of hydrogen-bond donors (Lipinski definition) is 1. The van der Waals surface area contributed by atoms with Crippen LogP contribution < -0.4 is 0 Å². The van der Waals surface area contributed by atoms with Crippen LogP contribution in [0.4, 0.5) is 0 Å². The first kappa shape index (κ1) is 19.1. The number of carbonyl (C=O) groups is 2. The van der Waals surface area contributed by atoms with Gasteiger partial charge in [0.2, 0.25) is 5.91 Å². The quantitative estimate of drug-likeness (QED) is 0.583. The van der Waals surface area contributed by atoms with Gasteiger partial charge in [0, 0.05) is 6.54 Å². The van der Waals surface area contributed by atoms with Crippen LogP contribution in [0, 0.1) is 0 Å². The Hall–Kier alpha value is -2.27. The minimum atomic E-state index is -0.640. The van der Waals surface area contributed by atoms with Crippen LogP contribution in [-0.4, -0.2) is 35.7 Å². The number of thiol groups is 1. The largest absolute Gasteiger partial charge is 0.467 e. The molecule has 2 aromatic rings. The molecule has 2 rings (SSSR count). The second-order valence-electron chi connectivity index (χ2n) is 5.72. The Balaban J connectivity index is 2.26. The lowest BCUT2D eigenvalue weighted by molar-refractivity contribution is -0.153. The van der Waals surface area contributed by atoms with Crippen molar-refractivity contribution in [3.8, 4) is 0 Å².